The minimum Gasteiger partial charge on any atom is -0.438 e. The van der Waals surface area contributed by atoms with Gasteiger partial charge in [0.05, 0.1) is 13.3 Å². The Bertz CT molecular complexity index is 467. The number of imide groups is 1. The van der Waals surface area contributed by atoms with Crippen LogP contribution in [0.25, 0.3) is 0 Å². The third-order valence-electron chi connectivity index (χ3n) is 1.93. The number of urea groups is 1. The first kappa shape index (κ1) is 11.1. The highest BCUT2D eigenvalue weighted by Gasteiger charge is 2.25. The molecule has 0 aromatic carbocycles. The second-order valence-electron chi connectivity index (χ2n) is 3.16. The fourth-order valence-corrected chi connectivity index (χ4v) is 1.23. The van der Waals surface area contributed by atoms with E-state index in [1.807, 2.05) is 0 Å². The molecule has 90 valence electrons. The number of amides is 3. The van der Waals surface area contributed by atoms with E-state index in [2.05, 4.69) is 20.7 Å². The van der Waals surface area contributed by atoms with E-state index >= 15 is 0 Å². The van der Waals surface area contributed by atoms with Crippen LogP contribution in [0.1, 0.15) is 5.76 Å². The lowest BCUT2D eigenvalue weighted by Gasteiger charge is -2.02. The summed E-state index contributed by atoms with van der Waals surface area (Å²) in [4.78, 5) is 26.6. The number of hydrogen-bond acceptors (Lipinski definition) is 6. The molecule has 17 heavy (non-hydrogen) atoms. The number of carbonyl (C=O) groups is 2. The van der Waals surface area contributed by atoms with E-state index in [1.54, 1.807) is 12.1 Å². The Kier molecular flexibility index (Phi) is 3.06. The summed E-state index contributed by atoms with van der Waals surface area (Å²) < 4.78 is 5.22. The van der Waals surface area contributed by atoms with Crippen LogP contribution < -0.4 is 10.8 Å². The van der Waals surface area contributed by atoms with Gasteiger partial charge in [-0.05, 0) is 6.07 Å². The van der Waals surface area contributed by atoms with Crippen LogP contribution in [0.15, 0.2) is 21.7 Å². The molecule has 0 atom stereocenters. The van der Waals surface area contributed by atoms with Gasteiger partial charge in [-0.15, -0.1) is 0 Å². The van der Waals surface area contributed by atoms with E-state index in [1.165, 1.54) is 13.3 Å². The average Bonchev–Trinajstić information content (AvgIpc) is 2.83. The number of furan rings is 1. The molecule has 0 saturated carbocycles. The number of nitrogens with one attached hydrogen (secondary N) is 2. The first-order chi connectivity index (χ1) is 8.19. The zero-order valence-electron chi connectivity index (χ0n) is 8.97. The van der Waals surface area contributed by atoms with Crippen molar-refractivity contribution >= 4 is 24.0 Å². The lowest BCUT2D eigenvalue weighted by atomic mass is 10.5. The van der Waals surface area contributed by atoms with Gasteiger partial charge in [-0.1, -0.05) is 0 Å². The Hall–Kier alpha value is -2.35. The standard InChI is InChI=1S/C9H10N4O4/c1-16-12-8-3-2-6(17-8)4-10-13-5-7(14)11-9(13)15/h2-4,12H,5H2,1H3,(H,11,14,15)/b10-4+. The van der Waals surface area contributed by atoms with Gasteiger partial charge in [0.2, 0.25) is 11.8 Å². The van der Waals surface area contributed by atoms with Gasteiger partial charge in [-0.3, -0.25) is 14.9 Å². The maximum absolute atomic E-state index is 11.1. The van der Waals surface area contributed by atoms with Gasteiger partial charge in [-0.2, -0.15) is 5.10 Å². The second kappa shape index (κ2) is 4.66. The van der Waals surface area contributed by atoms with Crippen molar-refractivity contribution in [3.05, 3.63) is 17.9 Å². The van der Waals surface area contributed by atoms with E-state index in [4.69, 9.17) is 4.42 Å². The molecule has 2 rings (SSSR count). The molecule has 0 bridgehead atoms. The molecule has 1 aromatic heterocycles. The Morgan fingerprint density at radius 2 is 2.41 bits per heavy atom. The van der Waals surface area contributed by atoms with Crippen LogP contribution in [0, 0.1) is 0 Å². The summed E-state index contributed by atoms with van der Waals surface area (Å²) in [5.41, 5.74) is 2.50. The Labute approximate surface area is 96.2 Å². The molecule has 1 aromatic rings. The van der Waals surface area contributed by atoms with Crippen molar-refractivity contribution < 1.29 is 18.8 Å². The number of nitrogens with zero attached hydrogens (tertiary/aromatic N) is 2. The fourth-order valence-electron chi connectivity index (χ4n) is 1.23. The van der Waals surface area contributed by atoms with Crippen molar-refractivity contribution in [2.24, 2.45) is 5.10 Å². The van der Waals surface area contributed by atoms with E-state index in [-0.39, 0.29) is 12.5 Å². The molecule has 3 amide bonds. The largest absolute Gasteiger partial charge is 0.438 e. The highest BCUT2D eigenvalue weighted by Crippen LogP contribution is 2.11. The van der Waals surface area contributed by atoms with Crippen LogP contribution in [0.2, 0.25) is 0 Å². The summed E-state index contributed by atoms with van der Waals surface area (Å²) in [6.45, 7) is -0.0841. The fraction of sp³-hybridized carbons (Fsp3) is 0.222. The average molecular weight is 238 g/mol. The van der Waals surface area contributed by atoms with Crippen molar-refractivity contribution in [1.82, 2.24) is 10.3 Å². The number of hydrogen-bond donors (Lipinski definition) is 2. The lowest BCUT2D eigenvalue weighted by Crippen LogP contribution is -2.24. The molecular formula is C9H10N4O4. The summed E-state index contributed by atoms with van der Waals surface area (Å²) in [5, 5.41) is 6.92. The highest BCUT2D eigenvalue weighted by molar-refractivity contribution is 6.02. The highest BCUT2D eigenvalue weighted by atomic mass is 16.6. The Morgan fingerprint density at radius 1 is 1.59 bits per heavy atom. The third kappa shape index (κ3) is 2.61. The summed E-state index contributed by atoms with van der Waals surface area (Å²) in [6, 6.07) is 2.73. The van der Waals surface area contributed by atoms with Gasteiger partial charge in [0.15, 0.2) is 0 Å². The molecule has 8 heteroatoms. The summed E-state index contributed by atoms with van der Waals surface area (Å²) in [6.07, 6.45) is 1.33. The SMILES string of the molecule is CONc1ccc(/C=N/N2CC(=O)NC2=O)o1. The van der Waals surface area contributed by atoms with Gasteiger partial charge in [-0.25, -0.2) is 15.3 Å². The van der Waals surface area contributed by atoms with Crippen LogP contribution in [0.4, 0.5) is 10.7 Å². The van der Waals surface area contributed by atoms with E-state index in [0.717, 1.165) is 5.01 Å². The third-order valence-corrected chi connectivity index (χ3v) is 1.93. The monoisotopic (exact) mass is 238 g/mol. The molecule has 2 N–H and O–H groups in total. The Balaban J connectivity index is 1.99. The number of carbonyl (C=O) groups excluding carboxylic acids is 2. The van der Waals surface area contributed by atoms with Crippen LogP contribution in [-0.2, 0) is 9.63 Å². The van der Waals surface area contributed by atoms with Crippen molar-refractivity contribution in [2.75, 3.05) is 19.1 Å². The van der Waals surface area contributed by atoms with Crippen molar-refractivity contribution in [1.29, 1.82) is 0 Å². The first-order valence-electron chi connectivity index (χ1n) is 4.73. The molecular weight excluding hydrogens is 228 g/mol. The normalized spacial score (nSPS) is 15.7. The van der Waals surface area contributed by atoms with E-state index in [0.29, 0.717) is 11.6 Å². The van der Waals surface area contributed by atoms with Crippen LogP contribution in [-0.4, -0.2) is 36.8 Å². The van der Waals surface area contributed by atoms with E-state index in [9.17, 15) is 9.59 Å². The molecule has 1 aliphatic rings. The smallest absolute Gasteiger partial charge is 0.344 e. The van der Waals surface area contributed by atoms with Gasteiger partial charge in [0, 0.05) is 6.07 Å². The zero-order valence-corrected chi connectivity index (χ0v) is 8.97. The molecule has 0 spiro atoms. The topological polar surface area (TPSA) is 96.2 Å². The van der Waals surface area contributed by atoms with Crippen molar-refractivity contribution in [2.45, 2.75) is 0 Å². The molecule has 2 heterocycles. The molecule has 0 radical (unpaired) electrons. The molecule has 8 nitrogen and oxygen atoms in total. The number of anilines is 1. The van der Waals surface area contributed by atoms with Crippen LogP contribution >= 0.6 is 0 Å². The quantitative estimate of drug-likeness (QED) is 0.442. The van der Waals surface area contributed by atoms with E-state index < -0.39 is 6.03 Å². The molecule has 1 aliphatic heterocycles. The van der Waals surface area contributed by atoms with Gasteiger partial charge < -0.3 is 4.42 Å². The van der Waals surface area contributed by atoms with Gasteiger partial charge >= 0.3 is 6.03 Å². The van der Waals surface area contributed by atoms with Crippen LogP contribution in [0.3, 0.4) is 0 Å². The maximum atomic E-state index is 11.1. The summed E-state index contributed by atoms with van der Waals surface area (Å²) in [7, 11) is 1.45. The maximum Gasteiger partial charge on any atom is 0.344 e. The van der Waals surface area contributed by atoms with Gasteiger partial charge in [0.1, 0.15) is 12.3 Å². The molecule has 0 unspecified atom stereocenters. The van der Waals surface area contributed by atoms with Crippen molar-refractivity contribution in [3.63, 3.8) is 0 Å². The Morgan fingerprint density at radius 3 is 3.06 bits per heavy atom. The number of rotatable bonds is 4. The van der Waals surface area contributed by atoms with Gasteiger partial charge in [0.25, 0.3) is 0 Å². The summed E-state index contributed by atoms with van der Waals surface area (Å²) >= 11 is 0. The lowest BCUT2D eigenvalue weighted by molar-refractivity contribution is -0.118. The minimum absolute atomic E-state index is 0.0841. The van der Waals surface area contributed by atoms with Crippen molar-refractivity contribution in [3.8, 4) is 0 Å². The molecule has 0 aliphatic carbocycles. The predicted octanol–water partition coefficient (Wildman–Crippen LogP) is 0.139. The second-order valence-corrected chi connectivity index (χ2v) is 3.16. The molecule has 1 saturated heterocycles. The molecule has 1 fully saturated rings. The predicted molar refractivity (Wildman–Crippen MR) is 57.2 cm³/mol. The summed E-state index contributed by atoms with van der Waals surface area (Å²) in [5.74, 6) is 0.459. The zero-order chi connectivity index (χ0) is 12.3. The number of hydrazone groups is 1. The minimum atomic E-state index is -0.548. The first-order valence-corrected chi connectivity index (χ1v) is 4.73. The van der Waals surface area contributed by atoms with Crippen LogP contribution in [0.5, 0.6) is 0 Å².